The zero-order chi connectivity index (χ0) is 19.4. The molecule has 1 aliphatic heterocycles. The van der Waals surface area contributed by atoms with E-state index >= 15 is 0 Å². The normalized spacial score (nSPS) is 22.1. The van der Waals surface area contributed by atoms with Gasteiger partial charge in [-0.1, -0.05) is 36.4 Å². The zero-order valence-corrected chi connectivity index (χ0v) is 15.3. The number of methoxy groups -OCH3 is 1. The van der Waals surface area contributed by atoms with Crippen molar-refractivity contribution < 1.29 is 24.2 Å². The van der Waals surface area contributed by atoms with Crippen molar-refractivity contribution in [1.82, 2.24) is 5.32 Å². The molecule has 0 aromatic heterocycles. The Morgan fingerprint density at radius 3 is 2.33 bits per heavy atom. The van der Waals surface area contributed by atoms with Crippen LogP contribution in [0.2, 0.25) is 0 Å². The minimum atomic E-state index is -1.05. The summed E-state index contributed by atoms with van der Waals surface area (Å²) < 4.78 is 11.4. The van der Waals surface area contributed by atoms with Gasteiger partial charge in [0.15, 0.2) is 0 Å². The second kappa shape index (κ2) is 8.22. The lowest BCUT2D eigenvalue weighted by atomic mass is 9.90. The second-order valence-corrected chi connectivity index (χ2v) is 6.66. The lowest BCUT2D eigenvalue weighted by Gasteiger charge is -2.36. The van der Waals surface area contributed by atoms with Gasteiger partial charge in [-0.25, -0.2) is 4.79 Å². The summed E-state index contributed by atoms with van der Waals surface area (Å²) in [5.41, 5.74) is 1.88. The SMILES string of the molecule is COc1ccc([C@@H]2C[C@H](NC(C)=O)C[C@H](c3ccccc3)O2)cc1C(=O)O. The van der Waals surface area contributed by atoms with Gasteiger partial charge in [-0.3, -0.25) is 4.79 Å². The molecule has 1 amide bonds. The lowest BCUT2D eigenvalue weighted by Crippen LogP contribution is -2.39. The van der Waals surface area contributed by atoms with E-state index in [-0.39, 0.29) is 29.7 Å². The summed E-state index contributed by atoms with van der Waals surface area (Å²) in [6, 6.07) is 14.8. The van der Waals surface area contributed by atoms with Crippen molar-refractivity contribution in [3.05, 3.63) is 65.2 Å². The van der Waals surface area contributed by atoms with Crippen LogP contribution in [0.15, 0.2) is 48.5 Å². The van der Waals surface area contributed by atoms with E-state index in [2.05, 4.69) is 5.32 Å². The molecule has 1 saturated heterocycles. The molecule has 0 bridgehead atoms. The number of aromatic carboxylic acids is 1. The third-order valence-corrected chi connectivity index (χ3v) is 4.73. The fourth-order valence-electron chi connectivity index (χ4n) is 3.52. The molecular formula is C21H23NO5. The number of hydrogen-bond acceptors (Lipinski definition) is 4. The maximum atomic E-state index is 11.6. The fraction of sp³-hybridized carbons (Fsp3) is 0.333. The van der Waals surface area contributed by atoms with Crippen LogP contribution in [0.25, 0.3) is 0 Å². The summed E-state index contributed by atoms with van der Waals surface area (Å²) in [4.78, 5) is 23.1. The lowest BCUT2D eigenvalue weighted by molar-refractivity contribution is -0.122. The number of hydrogen-bond donors (Lipinski definition) is 2. The predicted molar refractivity (Wildman–Crippen MR) is 99.8 cm³/mol. The van der Waals surface area contributed by atoms with Gasteiger partial charge < -0.3 is 19.9 Å². The van der Waals surface area contributed by atoms with Crippen LogP contribution in [0.4, 0.5) is 0 Å². The number of carbonyl (C=O) groups is 2. The first kappa shape index (κ1) is 18.9. The minimum absolute atomic E-state index is 0.0539. The second-order valence-electron chi connectivity index (χ2n) is 6.66. The molecule has 6 heteroatoms. The average molecular weight is 369 g/mol. The quantitative estimate of drug-likeness (QED) is 0.843. The maximum absolute atomic E-state index is 11.6. The topological polar surface area (TPSA) is 84.9 Å². The number of benzene rings is 2. The van der Waals surface area contributed by atoms with Crippen molar-refractivity contribution in [3.8, 4) is 5.75 Å². The largest absolute Gasteiger partial charge is 0.496 e. The van der Waals surface area contributed by atoms with Crippen LogP contribution in [0.1, 0.15) is 53.5 Å². The van der Waals surface area contributed by atoms with Crippen LogP contribution >= 0.6 is 0 Å². The van der Waals surface area contributed by atoms with Crippen molar-refractivity contribution in [2.45, 2.75) is 38.0 Å². The van der Waals surface area contributed by atoms with Gasteiger partial charge in [0, 0.05) is 13.0 Å². The molecule has 27 heavy (non-hydrogen) atoms. The van der Waals surface area contributed by atoms with E-state index in [1.807, 2.05) is 36.4 Å². The number of amides is 1. The van der Waals surface area contributed by atoms with Crippen molar-refractivity contribution in [2.24, 2.45) is 0 Å². The molecule has 0 aliphatic carbocycles. The van der Waals surface area contributed by atoms with Crippen LogP contribution in [0.3, 0.4) is 0 Å². The van der Waals surface area contributed by atoms with Gasteiger partial charge in [0.25, 0.3) is 0 Å². The third-order valence-electron chi connectivity index (χ3n) is 4.73. The summed E-state index contributed by atoms with van der Waals surface area (Å²) in [7, 11) is 1.44. The summed E-state index contributed by atoms with van der Waals surface area (Å²) in [5.74, 6) is -0.837. The molecule has 0 radical (unpaired) electrons. The van der Waals surface area contributed by atoms with E-state index in [9.17, 15) is 14.7 Å². The van der Waals surface area contributed by atoms with Crippen molar-refractivity contribution in [2.75, 3.05) is 7.11 Å². The molecule has 2 aromatic carbocycles. The van der Waals surface area contributed by atoms with Crippen LogP contribution in [0.5, 0.6) is 5.75 Å². The number of nitrogens with one attached hydrogen (secondary N) is 1. The summed E-state index contributed by atoms with van der Waals surface area (Å²) in [5, 5.41) is 12.4. The van der Waals surface area contributed by atoms with Crippen LogP contribution in [-0.4, -0.2) is 30.1 Å². The molecule has 1 aliphatic rings. The predicted octanol–water partition coefficient (Wildman–Crippen LogP) is 3.49. The molecule has 3 atom stereocenters. The van der Waals surface area contributed by atoms with E-state index in [0.29, 0.717) is 18.6 Å². The van der Waals surface area contributed by atoms with Crippen molar-refractivity contribution in [3.63, 3.8) is 0 Å². The van der Waals surface area contributed by atoms with Gasteiger partial charge in [0.2, 0.25) is 5.91 Å². The Morgan fingerprint density at radius 2 is 1.74 bits per heavy atom. The smallest absolute Gasteiger partial charge is 0.339 e. The summed E-state index contributed by atoms with van der Waals surface area (Å²) in [6.07, 6.45) is 0.734. The van der Waals surface area contributed by atoms with Crippen LogP contribution < -0.4 is 10.1 Å². The molecular weight excluding hydrogens is 346 g/mol. The van der Waals surface area contributed by atoms with E-state index < -0.39 is 5.97 Å². The highest BCUT2D eigenvalue weighted by Gasteiger charge is 2.32. The maximum Gasteiger partial charge on any atom is 0.339 e. The molecule has 2 N–H and O–H groups in total. The van der Waals surface area contributed by atoms with Gasteiger partial charge in [-0.15, -0.1) is 0 Å². The Labute approximate surface area is 158 Å². The number of ether oxygens (including phenoxy) is 2. The highest BCUT2D eigenvalue weighted by Crippen LogP contribution is 2.39. The number of rotatable bonds is 5. The van der Waals surface area contributed by atoms with Crippen LogP contribution in [-0.2, 0) is 9.53 Å². The third kappa shape index (κ3) is 4.46. The van der Waals surface area contributed by atoms with E-state index in [0.717, 1.165) is 11.1 Å². The molecule has 0 spiro atoms. The molecule has 142 valence electrons. The standard InChI is InChI=1S/C21H23NO5/c1-13(23)22-16-11-19(14-6-4-3-5-7-14)27-20(12-16)15-8-9-18(26-2)17(10-15)21(24)25/h3-10,16,19-20H,11-12H2,1-2H3,(H,22,23)(H,24,25)/t16-,19-,20+/m1/s1. The first-order chi connectivity index (χ1) is 13.0. The highest BCUT2D eigenvalue weighted by molar-refractivity contribution is 5.91. The number of carbonyl (C=O) groups excluding carboxylic acids is 1. The number of carboxylic acid groups (broad SMARTS) is 1. The molecule has 0 saturated carbocycles. The van der Waals surface area contributed by atoms with E-state index in [1.165, 1.54) is 14.0 Å². The van der Waals surface area contributed by atoms with Gasteiger partial charge in [-0.2, -0.15) is 0 Å². The van der Waals surface area contributed by atoms with Crippen molar-refractivity contribution >= 4 is 11.9 Å². The molecule has 6 nitrogen and oxygen atoms in total. The molecule has 1 fully saturated rings. The van der Waals surface area contributed by atoms with Gasteiger partial charge in [-0.05, 0) is 36.1 Å². The Balaban J connectivity index is 1.92. The Kier molecular flexibility index (Phi) is 5.76. The average Bonchev–Trinajstić information content (AvgIpc) is 2.67. The van der Waals surface area contributed by atoms with Gasteiger partial charge in [0.1, 0.15) is 11.3 Å². The van der Waals surface area contributed by atoms with Crippen molar-refractivity contribution in [1.29, 1.82) is 0 Å². The minimum Gasteiger partial charge on any atom is -0.496 e. The van der Waals surface area contributed by atoms with E-state index in [1.54, 1.807) is 12.1 Å². The van der Waals surface area contributed by atoms with Gasteiger partial charge >= 0.3 is 5.97 Å². The van der Waals surface area contributed by atoms with Crippen LogP contribution in [0, 0.1) is 0 Å². The summed E-state index contributed by atoms with van der Waals surface area (Å²) >= 11 is 0. The first-order valence-corrected chi connectivity index (χ1v) is 8.86. The summed E-state index contributed by atoms with van der Waals surface area (Å²) in [6.45, 7) is 1.50. The Morgan fingerprint density at radius 1 is 1.07 bits per heavy atom. The Hall–Kier alpha value is -2.86. The molecule has 3 rings (SSSR count). The van der Waals surface area contributed by atoms with Gasteiger partial charge in [0.05, 0.1) is 19.3 Å². The highest BCUT2D eigenvalue weighted by atomic mass is 16.5. The number of carboxylic acids is 1. The fourth-order valence-corrected chi connectivity index (χ4v) is 3.52. The first-order valence-electron chi connectivity index (χ1n) is 8.86. The molecule has 2 aromatic rings. The Bertz CT molecular complexity index is 821. The van der Waals surface area contributed by atoms with E-state index in [4.69, 9.17) is 9.47 Å². The molecule has 0 unspecified atom stereocenters. The zero-order valence-electron chi connectivity index (χ0n) is 15.3. The molecule has 1 heterocycles. The monoisotopic (exact) mass is 369 g/mol.